The van der Waals surface area contributed by atoms with Gasteiger partial charge in [0.05, 0.1) is 22.8 Å². The van der Waals surface area contributed by atoms with Crippen LogP contribution < -0.4 is 5.32 Å². The second-order valence-corrected chi connectivity index (χ2v) is 8.27. The largest absolute Gasteiger partial charge is 0.342 e. The molecule has 2 heterocycles. The molecule has 0 unspecified atom stereocenters. The Kier molecular flexibility index (Phi) is 6.13. The third-order valence-electron chi connectivity index (χ3n) is 5.12. The van der Waals surface area contributed by atoms with Gasteiger partial charge < -0.3 is 10.2 Å². The number of nitrogens with zero attached hydrogens (tertiary/aromatic N) is 3. The van der Waals surface area contributed by atoms with E-state index in [0.29, 0.717) is 18.0 Å². The molecule has 2 aromatic carbocycles. The standard InChI is InChI=1S/C24H24N4O2S/c1-3-27(16-18-10-6-4-7-11-18)22(29)15-25-23(30)21-14-20-17(2)26-28(24(20)31-21)19-12-8-5-9-13-19/h4-14H,3,15-16H2,1-2H3,(H,25,30). The zero-order chi connectivity index (χ0) is 21.8. The predicted octanol–water partition coefficient (Wildman–Crippen LogP) is 4.17. The zero-order valence-corrected chi connectivity index (χ0v) is 18.4. The Bertz CT molecular complexity index is 1200. The van der Waals surface area contributed by atoms with Crippen LogP contribution in [-0.4, -0.2) is 39.6 Å². The van der Waals surface area contributed by atoms with Gasteiger partial charge in [0.1, 0.15) is 4.83 Å². The fourth-order valence-corrected chi connectivity index (χ4v) is 4.54. The molecule has 0 bridgehead atoms. The second kappa shape index (κ2) is 9.14. The van der Waals surface area contributed by atoms with Crippen LogP contribution in [0.25, 0.3) is 15.9 Å². The van der Waals surface area contributed by atoms with Crippen LogP contribution in [0.15, 0.2) is 66.7 Å². The van der Waals surface area contributed by atoms with Crippen molar-refractivity contribution in [3.8, 4) is 5.69 Å². The number of hydrogen-bond acceptors (Lipinski definition) is 4. The molecular weight excluding hydrogens is 408 g/mol. The van der Waals surface area contributed by atoms with Crippen molar-refractivity contribution in [1.82, 2.24) is 20.0 Å². The number of likely N-dealkylation sites (N-methyl/N-ethyl adjacent to an activating group) is 1. The molecule has 0 radical (unpaired) electrons. The van der Waals surface area contributed by atoms with Crippen molar-refractivity contribution in [3.63, 3.8) is 0 Å². The summed E-state index contributed by atoms with van der Waals surface area (Å²) in [5.41, 5.74) is 2.88. The summed E-state index contributed by atoms with van der Waals surface area (Å²) in [6.07, 6.45) is 0. The number of rotatable bonds is 7. The van der Waals surface area contributed by atoms with E-state index in [1.165, 1.54) is 11.3 Å². The molecule has 2 aromatic heterocycles. The van der Waals surface area contributed by atoms with Gasteiger partial charge in [0.25, 0.3) is 5.91 Å². The lowest BCUT2D eigenvalue weighted by atomic mass is 10.2. The molecule has 0 saturated carbocycles. The van der Waals surface area contributed by atoms with Gasteiger partial charge in [0.2, 0.25) is 5.91 Å². The highest BCUT2D eigenvalue weighted by molar-refractivity contribution is 7.20. The van der Waals surface area contributed by atoms with E-state index in [1.54, 1.807) is 4.90 Å². The highest BCUT2D eigenvalue weighted by atomic mass is 32.1. The van der Waals surface area contributed by atoms with Crippen LogP contribution in [0.5, 0.6) is 0 Å². The Hall–Kier alpha value is -3.45. The Morgan fingerprint density at radius 1 is 1.06 bits per heavy atom. The molecule has 0 aliphatic heterocycles. The van der Waals surface area contributed by atoms with E-state index in [2.05, 4.69) is 10.4 Å². The summed E-state index contributed by atoms with van der Waals surface area (Å²) in [5, 5.41) is 8.33. The molecule has 0 spiro atoms. The van der Waals surface area contributed by atoms with Gasteiger partial charge in [-0.3, -0.25) is 9.59 Å². The summed E-state index contributed by atoms with van der Waals surface area (Å²) < 4.78 is 1.86. The Labute approximate surface area is 185 Å². The number of benzene rings is 2. The maximum atomic E-state index is 12.7. The molecule has 31 heavy (non-hydrogen) atoms. The van der Waals surface area contributed by atoms with Gasteiger partial charge in [-0.05, 0) is 37.6 Å². The van der Waals surface area contributed by atoms with Gasteiger partial charge in [-0.1, -0.05) is 48.5 Å². The van der Waals surface area contributed by atoms with Crippen molar-refractivity contribution < 1.29 is 9.59 Å². The van der Waals surface area contributed by atoms with Crippen LogP contribution in [-0.2, 0) is 11.3 Å². The average molecular weight is 433 g/mol. The van der Waals surface area contributed by atoms with Crippen LogP contribution in [0.1, 0.15) is 27.9 Å². The fraction of sp³-hybridized carbons (Fsp3) is 0.208. The highest BCUT2D eigenvalue weighted by Gasteiger charge is 2.19. The molecule has 0 fully saturated rings. The van der Waals surface area contributed by atoms with Gasteiger partial charge in [0, 0.05) is 18.5 Å². The molecule has 0 aliphatic carbocycles. The summed E-state index contributed by atoms with van der Waals surface area (Å²) in [4.78, 5) is 28.6. The van der Waals surface area contributed by atoms with Crippen LogP contribution in [0.4, 0.5) is 0 Å². The van der Waals surface area contributed by atoms with Crippen molar-refractivity contribution in [2.24, 2.45) is 0 Å². The van der Waals surface area contributed by atoms with E-state index >= 15 is 0 Å². The quantitative estimate of drug-likeness (QED) is 0.477. The minimum atomic E-state index is -0.246. The first-order valence-electron chi connectivity index (χ1n) is 10.2. The molecule has 1 N–H and O–H groups in total. The van der Waals surface area contributed by atoms with Crippen LogP contribution in [0, 0.1) is 6.92 Å². The number of aromatic nitrogens is 2. The molecule has 158 valence electrons. The van der Waals surface area contributed by atoms with E-state index in [1.807, 2.05) is 85.3 Å². The summed E-state index contributed by atoms with van der Waals surface area (Å²) in [5.74, 6) is -0.350. The van der Waals surface area contributed by atoms with Crippen LogP contribution >= 0.6 is 11.3 Å². The maximum absolute atomic E-state index is 12.7. The number of hydrogen-bond donors (Lipinski definition) is 1. The summed E-state index contributed by atoms with van der Waals surface area (Å²) in [7, 11) is 0. The molecule has 4 aromatic rings. The number of carbonyl (C=O) groups is 2. The van der Waals surface area contributed by atoms with Crippen molar-refractivity contribution in [2.45, 2.75) is 20.4 Å². The number of aryl methyl sites for hydroxylation is 1. The first kappa shape index (κ1) is 20.8. The Balaban J connectivity index is 1.45. The predicted molar refractivity (Wildman–Crippen MR) is 124 cm³/mol. The van der Waals surface area contributed by atoms with Gasteiger partial charge in [-0.25, -0.2) is 4.68 Å². The molecule has 2 amide bonds. The summed E-state index contributed by atoms with van der Waals surface area (Å²) in [6, 6.07) is 21.5. The van der Waals surface area contributed by atoms with E-state index < -0.39 is 0 Å². The number of para-hydroxylation sites is 1. The molecule has 7 heteroatoms. The van der Waals surface area contributed by atoms with Gasteiger partial charge in [-0.2, -0.15) is 5.10 Å². The maximum Gasteiger partial charge on any atom is 0.261 e. The number of amides is 2. The zero-order valence-electron chi connectivity index (χ0n) is 17.5. The molecule has 6 nitrogen and oxygen atoms in total. The third-order valence-corrected chi connectivity index (χ3v) is 6.23. The average Bonchev–Trinajstić information content (AvgIpc) is 3.37. The fourth-order valence-electron chi connectivity index (χ4n) is 3.44. The van der Waals surface area contributed by atoms with Crippen molar-refractivity contribution in [3.05, 3.63) is 82.9 Å². The van der Waals surface area contributed by atoms with E-state index in [-0.39, 0.29) is 18.4 Å². The molecule has 0 saturated heterocycles. The summed E-state index contributed by atoms with van der Waals surface area (Å²) in [6.45, 7) is 4.95. The van der Waals surface area contributed by atoms with E-state index in [0.717, 1.165) is 27.2 Å². The lowest BCUT2D eigenvalue weighted by molar-refractivity contribution is -0.130. The Morgan fingerprint density at radius 2 is 1.74 bits per heavy atom. The van der Waals surface area contributed by atoms with Crippen LogP contribution in [0.2, 0.25) is 0 Å². The lowest BCUT2D eigenvalue weighted by Crippen LogP contribution is -2.39. The molecule has 4 rings (SSSR count). The smallest absolute Gasteiger partial charge is 0.261 e. The third kappa shape index (κ3) is 4.51. The van der Waals surface area contributed by atoms with Crippen LogP contribution in [0.3, 0.4) is 0 Å². The van der Waals surface area contributed by atoms with Gasteiger partial charge in [-0.15, -0.1) is 11.3 Å². The number of carbonyl (C=O) groups excluding carboxylic acids is 2. The van der Waals surface area contributed by atoms with E-state index in [9.17, 15) is 9.59 Å². The minimum Gasteiger partial charge on any atom is -0.342 e. The van der Waals surface area contributed by atoms with E-state index in [4.69, 9.17) is 0 Å². The van der Waals surface area contributed by atoms with Gasteiger partial charge >= 0.3 is 0 Å². The normalized spacial score (nSPS) is 10.9. The number of thiophene rings is 1. The second-order valence-electron chi connectivity index (χ2n) is 7.24. The van der Waals surface area contributed by atoms with Gasteiger partial charge in [0.15, 0.2) is 0 Å². The SMILES string of the molecule is CCN(Cc1ccccc1)C(=O)CNC(=O)c1cc2c(C)nn(-c3ccccc3)c2s1. The number of fused-ring (bicyclic) bond motifs is 1. The van der Waals surface area contributed by atoms with Crippen molar-refractivity contribution >= 4 is 33.4 Å². The molecular formula is C24H24N4O2S. The van der Waals surface area contributed by atoms with Crippen molar-refractivity contribution in [1.29, 1.82) is 0 Å². The summed E-state index contributed by atoms with van der Waals surface area (Å²) >= 11 is 1.38. The molecule has 0 aliphatic rings. The monoisotopic (exact) mass is 432 g/mol. The first-order chi connectivity index (χ1) is 15.1. The lowest BCUT2D eigenvalue weighted by Gasteiger charge is -2.21. The topological polar surface area (TPSA) is 67.2 Å². The minimum absolute atomic E-state index is 0.0302. The number of nitrogens with one attached hydrogen (secondary N) is 1. The van der Waals surface area contributed by atoms with Crippen molar-refractivity contribution in [2.75, 3.05) is 13.1 Å². The highest BCUT2D eigenvalue weighted by Crippen LogP contribution is 2.30. The molecule has 0 atom stereocenters. The Morgan fingerprint density at radius 3 is 2.42 bits per heavy atom. The first-order valence-corrected chi connectivity index (χ1v) is 11.0.